The Balaban J connectivity index is 0.000000438. The summed E-state index contributed by atoms with van der Waals surface area (Å²) in [5.41, 5.74) is 2.99. The van der Waals surface area contributed by atoms with Gasteiger partial charge in [0.25, 0.3) is 5.91 Å². The molecule has 0 saturated heterocycles. The maximum Gasteiger partial charge on any atom is 0.280 e. The Hall–Kier alpha value is -3.08. The molecule has 2 heterocycles. The molecular weight excluding hydrogens is 398 g/mol. The van der Waals surface area contributed by atoms with Crippen molar-refractivity contribution < 1.29 is 31.3 Å². The maximum absolute atomic E-state index is 12.7. The Morgan fingerprint density at radius 1 is 1.17 bits per heavy atom. The van der Waals surface area contributed by atoms with Crippen LogP contribution in [0.25, 0.3) is 6.08 Å². The zero-order valence-corrected chi connectivity index (χ0v) is 17.2. The average molecular weight is 419 g/mol. The lowest BCUT2D eigenvalue weighted by Crippen LogP contribution is -2.26. The third-order valence-corrected chi connectivity index (χ3v) is 4.27. The van der Waals surface area contributed by atoms with E-state index in [1.807, 2.05) is 73.4 Å². The van der Waals surface area contributed by atoms with Crippen molar-refractivity contribution >= 4 is 33.8 Å². The quantitative estimate of drug-likeness (QED) is 0.321. The SMILES string of the molecule is COS(=O)(=O)[O-].COc1ccc(N2N=C(C)C(=Cc3ccc[n+](C)c3)C2=O)cc1. The molecular formula is C19H21N3O6S. The molecule has 1 amide bonds. The molecule has 0 aliphatic carbocycles. The Labute approximate surface area is 169 Å². The number of rotatable bonds is 4. The lowest BCUT2D eigenvalue weighted by atomic mass is 10.1. The molecule has 1 aliphatic heterocycles. The van der Waals surface area contributed by atoms with Gasteiger partial charge >= 0.3 is 0 Å². The lowest BCUT2D eigenvalue weighted by Gasteiger charge is -2.12. The molecule has 3 rings (SSSR count). The predicted octanol–water partition coefficient (Wildman–Crippen LogP) is 1.42. The second-order valence-corrected chi connectivity index (χ2v) is 7.09. The largest absolute Gasteiger partial charge is 0.726 e. The number of carbonyl (C=O) groups excluding carboxylic acids is 1. The van der Waals surface area contributed by atoms with E-state index in [9.17, 15) is 17.8 Å². The second-order valence-electron chi connectivity index (χ2n) is 5.94. The van der Waals surface area contributed by atoms with E-state index in [0.29, 0.717) is 11.3 Å². The number of nitrogens with zero attached hydrogens (tertiary/aromatic N) is 3. The van der Waals surface area contributed by atoms with Crippen molar-refractivity contribution in [3.8, 4) is 5.75 Å². The molecule has 0 N–H and O–H groups in total. The molecule has 0 fully saturated rings. The van der Waals surface area contributed by atoms with Gasteiger partial charge in [-0.05, 0) is 43.3 Å². The smallest absolute Gasteiger partial charge is 0.280 e. The van der Waals surface area contributed by atoms with E-state index >= 15 is 0 Å². The fourth-order valence-corrected chi connectivity index (χ4v) is 2.45. The number of anilines is 1. The van der Waals surface area contributed by atoms with Crippen LogP contribution in [0.15, 0.2) is 59.5 Å². The molecule has 9 nitrogen and oxygen atoms in total. The molecule has 1 aromatic heterocycles. The molecule has 1 aromatic carbocycles. The summed E-state index contributed by atoms with van der Waals surface area (Å²) >= 11 is 0. The van der Waals surface area contributed by atoms with Crippen LogP contribution in [0, 0.1) is 0 Å². The summed E-state index contributed by atoms with van der Waals surface area (Å²) < 4.78 is 38.1. The van der Waals surface area contributed by atoms with E-state index in [-0.39, 0.29) is 5.91 Å². The van der Waals surface area contributed by atoms with Crippen LogP contribution < -0.4 is 14.3 Å². The Morgan fingerprint density at radius 2 is 1.79 bits per heavy atom. The van der Waals surface area contributed by atoms with Gasteiger partial charge in [-0.2, -0.15) is 10.1 Å². The standard InChI is InChI=1S/C18H18N3O2.CH4O4S/c1-13-17(11-14-5-4-10-20(2)12-14)18(22)21(19-13)15-6-8-16(23-3)9-7-15;1-5-6(2,3)4/h4-12H,1-3H3;1H3,(H,2,3,4)/q+1;/p-1. The van der Waals surface area contributed by atoms with Gasteiger partial charge in [-0.1, -0.05) is 0 Å². The van der Waals surface area contributed by atoms with Gasteiger partial charge in [0.05, 0.1) is 31.2 Å². The minimum Gasteiger partial charge on any atom is -0.726 e. The van der Waals surface area contributed by atoms with Crippen molar-refractivity contribution in [1.82, 2.24) is 0 Å². The van der Waals surface area contributed by atoms with Crippen LogP contribution >= 0.6 is 0 Å². The summed E-state index contributed by atoms with van der Waals surface area (Å²) in [7, 11) is -0.0465. The van der Waals surface area contributed by atoms with Crippen molar-refractivity contribution in [3.63, 3.8) is 0 Å². The van der Waals surface area contributed by atoms with Crippen LogP contribution in [0.5, 0.6) is 5.75 Å². The molecule has 29 heavy (non-hydrogen) atoms. The number of amides is 1. The van der Waals surface area contributed by atoms with Crippen LogP contribution in [0.3, 0.4) is 0 Å². The first-order valence-corrected chi connectivity index (χ1v) is 9.70. The molecule has 10 heteroatoms. The highest BCUT2D eigenvalue weighted by Gasteiger charge is 2.28. The van der Waals surface area contributed by atoms with Crippen LogP contribution in [-0.4, -0.2) is 38.8 Å². The molecule has 0 unspecified atom stereocenters. The van der Waals surface area contributed by atoms with E-state index in [1.165, 1.54) is 5.01 Å². The predicted molar refractivity (Wildman–Crippen MR) is 106 cm³/mol. The monoisotopic (exact) mass is 419 g/mol. The summed E-state index contributed by atoms with van der Waals surface area (Å²) in [5.74, 6) is 0.618. The summed E-state index contributed by atoms with van der Waals surface area (Å²) in [6.07, 6.45) is 5.78. The second kappa shape index (κ2) is 9.41. The van der Waals surface area contributed by atoms with E-state index < -0.39 is 10.4 Å². The van der Waals surface area contributed by atoms with Crippen LogP contribution in [0.1, 0.15) is 12.5 Å². The van der Waals surface area contributed by atoms with Crippen molar-refractivity contribution in [2.45, 2.75) is 6.92 Å². The van der Waals surface area contributed by atoms with Gasteiger partial charge in [-0.25, -0.2) is 13.0 Å². The van der Waals surface area contributed by atoms with Crippen molar-refractivity contribution in [2.75, 3.05) is 19.2 Å². The van der Waals surface area contributed by atoms with E-state index in [1.54, 1.807) is 7.11 Å². The zero-order valence-electron chi connectivity index (χ0n) is 16.4. The lowest BCUT2D eigenvalue weighted by molar-refractivity contribution is -0.671. The van der Waals surface area contributed by atoms with Gasteiger partial charge in [0.15, 0.2) is 12.4 Å². The number of aryl methyl sites for hydroxylation is 1. The first-order valence-electron chi connectivity index (χ1n) is 8.37. The van der Waals surface area contributed by atoms with Crippen molar-refractivity contribution in [1.29, 1.82) is 0 Å². The topological polar surface area (TPSA) is 112 Å². The average Bonchev–Trinajstić information content (AvgIpc) is 2.96. The number of methoxy groups -OCH3 is 1. The zero-order chi connectivity index (χ0) is 21.6. The van der Waals surface area contributed by atoms with Gasteiger partial charge in [-0.15, -0.1) is 0 Å². The van der Waals surface area contributed by atoms with Crippen LogP contribution in [-0.2, 0) is 26.4 Å². The summed E-state index contributed by atoms with van der Waals surface area (Å²) in [5, 5.41) is 5.80. The van der Waals surface area contributed by atoms with Gasteiger partial charge in [0.1, 0.15) is 12.8 Å². The van der Waals surface area contributed by atoms with E-state index in [0.717, 1.165) is 24.1 Å². The number of hydrazone groups is 1. The number of carbonyl (C=O) groups is 1. The van der Waals surface area contributed by atoms with Gasteiger partial charge in [-0.3, -0.25) is 8.98 Å². The van der Waals surface area contributed by atoms with Crippen molar-refractivity contribution in [3.05, 3.63) is 59.9 Å². The third-order valence-electron chi connectivity index (χ3n) is 3.86. The minimum absolute atomic E-state index is 0.126. The molecule has 154 valence electrons. The number of aromatic nitrogens is 1. The molecule has 0 bridgehead atoms. The summed E-state index contributed by atoms with van der Waals surface area (Å²) in [6.45, 7) is 1.84. The first-order chi connectivity index (χ1) is 13.6. The van der Waals surface area contributed by atoms with E-state index in [2.05, 4.69) is 9.28 Å². The van der Waals surface area contributed by atoms with Gasteiger partial charge < -0.3 is 9.29 Å². The highest BCUT2D eigenvalue weighted by molar-refractivity contribution is 7.80. The Morgan fingerprint density at radius 3 is 2.31 bits per heavy atom. The fourth-order valence-electron chi connectivity index (χ4n) is 2.45. The van der Waals surface area contributed by atoms with E-state index in [4.69, 9.17) is 4.74 Å². The highest BCUT2D eigenvalue weighted by atomic mass is 32.3. The molecule has 1 aliphatic rings. The third kappa shape index (κ3) is 6.21. The molecule has 0 spiro atoms. The fraction of sp³-hybridized carbons (Fsp3) is 0.211. The maximum atomic E-state index is 12.7. The number of benzene rings is 1. The highest BCUT2D eigenvalue weighted by Crippen LogP contribution is 2.26. The number of hydrogen-bond acceptors (Lipinski definition) is 7. The molecule has 2 aromatic rings. The van der Waals surface area contributed by atoms with Gasteiger partial charge in [0.2, 0.25) is 10.4 Å². The first kappa shape index (κ1) is 22.2. The normalized spacial score (nSPS) is 15.1. The van der Waals surface area contributed by atoms with Crippen LogP contribution in [0.4, 0.5) is 5.69 Å². The number of ether oxygens (including phenoxy) is 1. The summed E-state index contributed by atoms with van der Waals surface area (Å²) in [4.78, 5) is 12.7. The van der Waals surface area contributed by atoms with Crippen molar-refractivity contribution in [2.24, 2.45) is 12.1 Å². The number of pyridine rings is 1. The van der Waals surface area contributed by atoms with Crippen LogP contribution in [0.2, 0.25) is 0 Å². The van der Waals surface area contributed by atoms with Gasteiger partial charge in [0, 0.05) is 11.6 Å². The molecule has 0 saturated carbocycles. The molecule has 0 radical (unpaired) electrons. The Bertz CT molecular complexity index is 1050. The minimum atomic E-state index is -4.41. The number of hydrogen-bond donors (Lipinski definition) is 0. The molecule has 0 atom stereocenters. The Kier molecular flexibility index (Phi) is 7.21. The summed E-state index contributed by atoms with van der Waals surface area (Å²) in [6, 6.07) is 11.2.